The van der Waals surface area contributed by atoms with Gasteiger partial charge in [0, 0.05) is 11.3 Å². The Morgan fingerprint density at radius 1 is 1.22 bits per heavy atom. The first-order chi connectivity index (χ1) is 17.3. The number of hydrogen-bond donors (Lipinski definition) is 1. The zero-order valence-corrected chi connectivity index (χ0v) is 21.2. The van der Waals surface area contributed by atoms with E-state index in [0.717, 1.165) is 0 Å². The number of imidazole rings is 1. The van der Waals surface area contributed by atoms with Crippen molar-refractivity contribution < 1.29 is 32.6 Å². The zero-order valence-electron chi connectivity index (χ0n) is 19.5. The van der Waals surface area contributed by atoms with Gasteiger partial charge >= 0.3 is 6.80 Å². The van der Waals surface area contributed by atoms with Crippen LogP contribution >= 0.6 is 18.2 Å². The van der Waals surface area contributed by atoms with Crippen LogP contribution in [0.15, 0.2) is 43.0 Å². The van der Waals surface area contributed by atoms with Crippen LogP contribution in [0.1, 0.15) is 30.4 Å². The molecule has 3 aromatic rings. The van der Waals surface area contributed by atoms with Crippen LogP contribution in [0.3, 0.4) is 0 Å². The molecular formula is C22H24N5O7PS. The maximum Gasteiger partial charge on any atom is 0.389 e. The maximum absolute atomic E-state index is 12.7. The predicted octanol–water partition coefficient (Wildman–Crippen LogP) is 3.38. The van der Waals surface area contributed by atoms with E-state index < -0.39 is 37.1 Å². The molecule has 0 saturated carbocycles. The SMILES string of the molecule is CC1(C)O[C@@H]2[C@H](O1)[C@@H](CO[P@]1(=O)OCCS1)O[C@H]2n1cnc2c(NC(=O)c3ccccc3)ncnc21. The summed E-state index contributed by atoms with van der Waals surface area (Å²) in [7, 11) is 0. The number of rotatable bonds is 6. The van der Waals surface area contributed by atoms with Gasteiger partial charge < -0.3 is 19.5 Å². The maximum atomic E-state index is 12.7. The Hall–Kier alpha value is -2.38. The van der Waals surface area contributed by atoms with Crippen LogP contribution in [0.5, 0.6) is 0 Å². The van der Waals surface area contributed by atoms with Crippen molar-refractivity contribution >= 4 is 41.1 Å². The average molecular weight is 534 g/mol. The second-order valence-electron chi connectivity index (χ2n) is 8.91. The van der Waals surface area contributed by atoms with Gasteiger partial charge in [-0.05, 0) is 37.4 Å². The molecule has 1 aromatic carbocycles. The highest BCUT2D eigenvalue weighted by Crippen LogP contribution is 2.64. The summed E-state index contributed by atoms with van der Waals surface area (Å²) in [4.78, 5) is 25.7. The largest absolute Gasteiger partial charge is 0.389 e. The smallest absolute Gasteiger partial charge is 0.347 e. The Balaban J connectivity index is 1.27. The molecular weight excluding hydrogens is 509 g/mol. The van der Waals surface area contributed by atoms with Gasteiger partial charge in [-0.15, -0.1) is 0 Å². The first-order valence-electron chi connectivity index (χ1n) is 11.4. The molecule has 0 aliphatic carbocycles. The minimum Gasteiger partial charge on any atom is -0.347 e. The van der Waals surface area contributed by atoms with Crippen LogP contribution in [-0.2, 0) is 27.8 Å². The van der Waals surface area contributed by atoms with Crippen molar-refractivity contribution in [3.05, 3.63) is 48.5 Å². The summed E-state index contributed by atoms with van der Waals surface area (Å²) in [5.41, 5.74) is 1.35. The van der Waals surface area contributed by atoms with Crippen molar-refractivity contribution in [3.8, 4) is 0 Å². The summed E-state index contributed by atoms with van der Waals surface area (Å²) in [6, 6.07) is 8.83. The van der Waals surface area contributed by atoms with Gasteiger partial charge in [0.15, 0.2) is 29.0 Å². The molecule has 2 aromatic heterocycles. The molecule has 0 spiro atoms. The second-order valence-corrected chi connectivity index (χ2v) is 13.1. The second kappa shape index (κ2) is 9.18. The third kappa shape index (κ3) is 4.45. The first-order valence-corrected chi connectivity index (χ1v) is 14.5. The van der Waals surface area contributed by atoms with Gasteiger partial charge in [-0.1, -0.05) is 18.2 Å². The molecule has 0 unspecified atom stereocenters. The highest BCUT2D eigenvalue weighted by Gasteiger charge is 2.56. The van der Waals surface area contributed by atoms with Gasteiger partial charge in [0.25, 0.3) is 5.91 Å². The van der Waals surface area contributed by atoms with Gasteiger partial charge in [-0.25, -0.2) is 19.5 Å². The van der Waals surface area contributed by atoms with Crippen molar-refractivity contribution in [3.63, 3.8) is 0 Å². The first kappa shape index (κ1) is 24.0. The average Bonchev–Trinajstić information content (AvgIpc) is 3.62. The van der Waals surface area contributed by atoms with Crippen LogP contribution in [0.2, 0.25) is 0 Å². The molecule has 0 bridgehead atoms. The minimum absolute atomic E-state index is 0.0153. The minimum atomic E-state index is -3.20. The van der Waals surface area contributed by atoms with Crippen molar-refractivity contribution in [1.82, 2.24) is 19.5 Å². The van der Waals surface area contributed by atoms with E-state index in [4.69, 9.17) is 23.3 Å². The molecule has 3 aliphatic rings. The van der Waals surface area contributed by atoms with E-state index in [0.29, 0.717) is 29.1 Å². The number of carbonyl (C=O) groups is 1. The van der Waals surface area contributed by atoms with Crippen LogP contribution in [0.25, 0.3) is 11.2 Å². The van der Waals surface area contributed by atoms with Crippen LogP contribution in [0, 0.1) is 0 Å². The fraction of sp³-hybridized carbons (Fsp3) is 0.455. The lowest BCUT2D eigenvalue weighted by Gasteiger charge is -2.25. The van der Waals surface area contributed by atoms with E-state index in [1.54, 1.807) is 35.2 Å². The number of benzene rings is 1. The summed E-state index contributed by atoms with van der Waals surface area (Å²) in [6.07, 6.45) is 0.733. The predicted molar refractivity (Wildman–Crippen MR) is 129 cm³/mol. The van der Waals surface area contributed by atoms with E-state index in [-0.39, 0.29) is 18.3 Å². The Kier molecular flexibility index (Phi) is 6.11. The van der Waals surface area contributed by atoms with E-state index in [1.165, 1.54) is 17.7 Å². The number of amides is 1. The molecule has 5 atom stereocenters. The number of nitrogens with zero attached hydrogens (tertiary/aromatic N) is 4. The molecule has 1 N–H and O–H groups in total. The number of anilines is 1. The molecule has 5 heterocycles. The molecule has 36 heavy (non-hydrogen) atoms. The number of aromatic nitrogens is 4. The molecule has 1 amide bonds. The number of ether oxygens (including phenoxy) is 3. The number of nitrogens with one attached hydrogen (secondary N) is 1. The third-order valence-corrected chi connectivity index (χ3v) is 9.76. The number of hydrogen-bond acceptors (Lipinski definition) is 11. The zero-order chi connectivity index (χ0) is 24.9. The Morgan fingerprint density at radius 2 is 2.03 bits per heavy atom. The molecule has 3 fully saturated rings. The van der Waals surface area contributed by atoms with E-state index in [2.05, 4.69) is 20.3 Å². The fourth-order valence-corrected chi connectivity index (χ4v) is 7.61. The fourth-order valence-electron chi connectivity index (χ4n) is 4.49. The van der Waals surface area contributed by atoms with Gasteiger partial charge in [-0.2, -0.15) is 0 Å². The highest BCUT2D eigenvalue weighted by molar-refractivity contribution is 8.55. The van der Waals surface area contributed by atoms with Gasteiger partial charge in [0.2, 0.25) is 0 Å². The third-order valence-electron chi connectivity index (χ3n) is 6.01. The standard InChI is InChI=1S/C22H24N5O7PS/c1-22(2)33-16-14(10-31-35(29)30-8-9-36-35)32-21(17(16)34-22)27-12-25-15-18(23-11-24-19(15)27)26-20(28)13-6-4-3-5-7-13/h3-7,11-12,14,16-17,21H,8-10H2,1-2H3,(H,23,24,26,28)/t14-,16-,17-,21-,35+/m1/s1. The van der Waals surface area contributed by atoms with Crippen molar-refractivity contribution in [2.75, 3.05) is 24.3 Å². The topological polar surface area (TPSA) is 136 Å². The van der Waals surface area contributed by atoms with Crippen molar-refractivity contribution in [2.24, 2.45) is 0 Å². The van der Waals surface area contributed by atoms with E-state index >= 15 is 0 Å². The summed E-state index contributed by atoms with van der Waals surface area (Å²) in [5.74, 6) is -0.262. The highest BCUT2D eigenvalue weighted by atomic mass is 32.7. The summed E-state index contributed by atoms with van der Waals surface area (Å²) in [5, 5.41) is 2.80. The van der Waals surface area contributed by atoms with E-state index in [9.17, 15) is 9.36 Å². The lowest BCUT2D eigenvalue weighted by atomic mass is 10.1. The number of fused-ring (bicyclic) bond motifs is 2. The monoisotopic (exact) mass is 533 g/mol. The van der Waals surface area contributed by atoms with E-state index in [1.807, 2.05) is 19.9 Å². The summed E-state index contributed by atoms with van der Waals surface area (Å²) >= 11 is 1.18. The van der Waals surface area contributed by atoms with Gasteiger partial charge in [0.05, 0.1) is 19.5 Å². The molecule has 3 saturated heterocycles. The Bertz CT molecular complexity index is 1330. The molecule has 0 radical (unpaired) electrons. The van der Waals surface area contributed by atoms with Crippen LogP contribution in [0.4, 0.5) is 5.82 Å². The molecule has 6 rings (SSSR count). The lowest BCUT2D eigenvalue weighted by Crippen LogP contribution is -2.32. The van der Waals surface area contributed by atoms with Gasteiger partial charge in [-0.3, -0.25) is 18.4 Å². The quantitative estimate of drug-likeness (QED) is 0.467. The lowest BCUT2D eigenvalue weighted by molar-refractivity contribution is -0.199. The van der Waals surface area contributed by atoms with Crippen molar-refractivity contribution in [2.45, 2.75) is 44.2 Å². The Morgan fingerprint density at radius 3 is 2.81 bits per heavy atom. The number of carbonyl (C=O) groups excluding carboxylic acids is 1. The van der Waals surface area contributed by atoms with Gasteiger partial charge in [0.1, 0.15) is 24.6 Å². The van der Waals surface area contributed by atoms with Crippen LogP contribution in [-0.4, -0.2) is 68.5 Å². The summed E-state index contributed by atoms with van der Waals surface area (Å²) in [6.45, 7) is 0.854. The summed E-state index contributed by atoms with van der Waals surface area (Å²) < 4.78 is 43.8. The Labute approximate surface area is 210 Å². The molecule has 12 nitrogen and oxygen atoms in total. The normalized spacial score (nSPS) is 31.1. The molecule has 14 heteroatoms. The van der Waals surface area contributed by atoms with Crippen LogP contribution < -0.4 is 5.32 Å². The molecule has 3 aliphatic heterocycles. The molecule has 190 valence electrons. The van der Waals surface area contributed by atoms with Crippen molar-refractivity contribution in [1.29, 1.82) is 0 Å².